The lowest BCUT2D eigenvalue weighted by molar-refractivity contribution is -0.137. The zero-order chi connectivity index (χ0) is 13.5. The Morgan fingerprint density at radius 3 is 2.53 bits per heavy atom. The summed E-state index contributed by atoms with van der Waals surface area (Å²) < 4.78 is 4.97. The highest BCUT2D eigenvalue weighted by atomic mass is 16.5. The van der Waals surface area contributed by atoms with Crippen molar-refractivity contribution in [1.29, 1.82) is 0 Å². The Bertz CT molecular complexity index is 520. The number of esters is 1. The van der Waals surface area contributed by atoms with Crippen molar-refractivity contribution in [3.05, 3.63) is 72.1 Å². The number of pyridine rings is 1. The molecule has 0 saturated carbocycles. The Labute approximate surface area is 112 Å². The van der Waals surface area contributed by atoms with Gasteiger partial charge in [0.25, 0.3) is 0 Å². The van der Waals surface area contributed by atoms with Crippen LogP contribution in [-0.2, 0) is 9.53 Å². The maximum absolute atomic E-state index is 11.7. The smallest absolute Gasteiger partial charge is 0.331 e. The zero-order valence-electron chi connectivity index (χ0n) is 10.7. The van der Waals surface area contributed by atoms with Gasteiger partial charge in [0, 0.05) is 17.8 Å². The van der Waals surface area contributed by atoms with Gasteiger partial charge in [-0.2, -0.15) is 0 Å². The number of benzene rings is 1. The van der Waals surface area contributed by atoms with Crippen molar-refractivity contribution in [2.24, 2.45) is 0 Å². The molecule has 3 nitrogen and oxygen atoms in total. The molecule has 1 heterocycles. The molecule has 19 heavy (non-hydrogen) atoms. The van der Waals surface area contributed by atoms with E-state index >= 15 is 0 Å². The number of hydrogen-bond acceptors (Lipinski definition) is 3. The van der Waals surface area contributed by atoms with Crippen molar-refractivity contribution in [3.8, 4) is 0 Å². The van der Waals surface area contributed by atoms with Crippen LogP contribution in [0.2, 0.25) is 0 Å². The van der Waals surface area contributed by atoms with Crippen molar-refractivity contribution in [2.45, 2.75) is 6.92 Å². The molecule has 2 rings (SSSR count). The topological polar surface area (TPSA) is 39.2 Å². The molecule has 0 spiro atoms. The number of rotatable bonds is 4. The van der Waals surface area contributed by atoms with E-state index in [1.165, 1.54) is 6.08 Å². The van der Waals surface area contributed by atoms with Crippen LogP contribution in [0.1, 0.15) is 18.2 Å². The second-order valence-corrected chi connectivity index (χ2v) is 3.89. The van der Waals surface area contributed by atoms with Gasteiger partial charge in [-0.3, -0.25) is 4.98 Å². The fourth-order valence-electron chi connectivity index (χ4n) is 1.75. The molecule has 0 fully saturated rings. The minimum absolute atomic E-state index is 0.355. The highest BCUT2D eigenvalue weighted by Gasteiger charge is 2.08. The molecule has 0 aliphatic heterocycles. The Hall–Kier alpha value is -2.42. The highest BCUT2D eigenvalue weighted by Crippen LogP contribution is 2.21. The number of aromatic nitrogens is 1. The third kappa shape index (κ3) is 3.52. The Morgan fingerprint density at radius 2 is 1.89 bits per heavy atom. The molecule has 3 heteroatoms. The molecule has 0 unspecified atom stereocenters. The van der Waals surface area contributed by atoms with Gasteiger partial charge >= 0.3 is 5.97 Å². The van der Waals surface area contributed by atoms with Crippen molar-refractivity contribution in [3.63, 3.8) is 0 Å². The van der Waals surface area contributed by atoms with Gasteiger partial charge in [-0.25, -0.2) is 4.79 Å². The number of ether oxygens (including phenoxy) is 1. The predicted octanol–water partition coefficient (Wildman–Crippen LogP) is 3.08. The summed E-state index contributed by atoms with van der Waals surface area (Å²) in [5, 5.41) is 0. The molecule has 0 aliphatic rings. The Kier molecular flexibility index (Phi) is 4.45. The van der Waals surface area contributed by atoms with E-state index in [1.54, 1.807) is 13.1 Å². The molecule has 0 amide bonds. The van der Waals surface area contributed by atoms with Crippen LogP contribution in [0.3, 0.4) is 0 Å². The third-order valence-electron chi connectivity index (χ3n) is 2.57. The van der Waals surface area contributed by atoms with Gasteiger partial charge in [0.05, 0.1) is 12.3 Å². The molecule has 0 N–H and O–H groups in total. The van der Waals surface area contributed by atoms with Crippen LogP contribution in [0, 0.1) is 0 Å². The lowest BCUT2D eigenvalue weighted by Crippen LogP contribution is -2.02. The average Bonchev–Trinajstić information content (AvgIpc) is 2.47. The van der Waals surface area contributed by atoms with Crippen LogP contribution in [0.25, 0.3) is 5.57 Å². The SMILES string of the molecule is CCOC(=O)/C=C(\c1ccccc1)c1ccccn1. The number of carbonyl (C=O) groups is 1. The van der Waals surface area contributed by atoms with Gasteiger partial charge in [-0.15, -0.1) is 0 Å². The first-order valence-corrected chi connectivity index (χ1v) is 6.16. The molecule has 0 bridgehead atoms. The summed E-state index contributed by atoms with van der Waals surface area (Å²) in [4.78, 5) is 16.0. The molecule has 96 valence electrons. The van der Waals surface area contributed by atoms with Gasteiger partial charge < -0.3 is 4.74 Å². The second kappa shape index (κ2) is 6.50. The van der Waals surface area contributed by atoms with Gasteiger partial charge in [0.2, 0.25) is 0 Å². The van der Waals surface area contributed by atoms with Gasteiger partial charge in [-0.05, 0) is 24.6 Å². The zero-order valence-corrected chi connectivity index (χ0v) is 10.7. The third-order valence-corrected chi connectivity index (χ3v) is 2.57. The molecular formula is C16H15NO2. The van der Waals surface area contributed by atoms with E-state index in [9.17, 15) is 4.79 Å². The minimum Gasteiger partial charge on any atom is -0.463 e. The van der Waals surface area contributed by atoms with E-state index in [1.807, 2.05) is 48.5 Å². The van der Waals surface area contributed by atoms with E-state index in [0.29, 0.717) is 6.61 Å². The number of hydrogen-bond donors (Lipinski definition) is 0. The van der Waals surface area contributed by atoms with Crippen LogP contribution in [0.15, 0.2) is 60.8 Å². The van der Waals surface area contributed by atoms with Crippen molar-refractivity contribution < 1.29 is 9.53 Å². The fourth-order valence-corrected chi connectivity index (χ4v) is 1.75. The van der Waals surface area contributed by atoms with Crippen LogP contribution in [0.5, 0.6) is 0 Å². The Balaban J connectivity index is 2.43. The van der Waals surface area contributed by atoms with E-state index in [-0.39, 0.29) is 5.97 Å². The van der Waals surface area contributed by atoms with Gasteiger partial charge in [0.15, 0.2) is 0 Å². The first-order chi connectivity index (χ1) is 9.31. The molecule has 0 saturated heterocycles. The maximum Gasteiger partial charge on any atom is 0.331 e. The quantitative estimate of drug-likeness (QED) is 0.621. The van der Waals surface area contributed by atoms with Crippen LogP contribution < -0.4 is 0 Å². The van der Waals surface area contributed by atoms with Crippen LogP contribution in [-0.4, -0.2) is 17.6 Å². The number of carbonyl (C=O) groups excluding carboxylic acids is 1. The summed E-state index contributed by atoms with van der Waals surface area (Å²) in [5.74, 6) is -0.355. The average molecular weight is 253 g/mol. The summed E-state index contributed by atoms with van der Waals surface area (Å²) in [6.07, 6.45) is 3.19. The summed E-state index contributed by atoms with van der Waals surface area (Å²) in [7, 11) is 0. The van der Waals surface area contributed by atoms with E-state index in [2.05, 4.69) is 4.98 Å². The summed E-state index contributed by atoms with van der Waals surface area (Å²) in [6, 6.07) is 15.3. The fraction of sp³-hybridized carbons (Fsp3) is 0.125. The van der Waals surface area contributed by atoms with Crippen molar-refractivity contribution >= 4 is 11.5 Å². The van der Waals surface area contributed by atoms with E-state index in [4.69, 9.17) is 4.74 Å². The second-order valence-electron chi connectivity index (χ2n) is 3.89. The molecule has 0 radical (unpaired) electrons. The van der Waals surface area contributed by atoms with Crippen LogP contribution >= 0.6 is 0 Å². The first-order valence-electron chi connectivity index (χ1n) is 6.16. The largest absolute Gasteiger partial charge is 0.463 e. The lowest BCUT2D eigenvalue weighted by atomic mass is 10.0. The van der Waals surface area contributed by atoms with Crippen LogP contribution in [0.4, 0.5) is 0 Å². The van der Waals surface area contributed by atoms with E-state index in [0.717, 1.165) is 16.8 Å². The summed E-state index contributed by atoms with van der Waals surface area (Å²) >= 11 is 0. The summed E-state index contributed by atoms with van der Waals surface area (Å²) in [6.45, 7) is 2.15. The van der Waals surface area contributed by atoms with Crippen molar-refractivity contribution in [1.82, 2.24) is 4.98 Å². The van der Waals surface area contributed by atoms with Crippen molar-refractivity contribution in [2.75, 3.05) is 6.61 Å². The highest BCUT2D eigenvalue weighted by molar-refractivity contribution is 5.95. The molecule has 0 atom stereocenters. The molecule has 2 aromatic rings. The standard InChI is InChI=1S/C16H15NO2/c1-2-19-16(18)12-14(13-8-4-3-5-9-13)15-10-6-7-11-17-15/h3-12H,2H2,1H3/b14-12+. The molecule has 1 aromatic heterocycles. The van der Waals surface area contributed by atoms with E-state index < -0.39 is 0 Å². The first kappa shape index (κ1) is 13.0. The van der Waals surface area contributed by atoms with Gasteiger partial charge in [0.1, 0.15) is 0 Å². The normalized spacial score (nSPS) is 11.1. The maximum atomic E-state index is 11.7. The molecule has 0 aliphatic carbocycles. The number of nitrogens with zero attached hydrogens (tertiary/aromatic N) is 1. The molecular weight excluding hydrogens is 238 g/mol. The summed E-state index contributed by atoms with van der Waals surface area (Å²) in [5.41, 5.74) is 2.45. The molecule has 1 aromatic carbocycles. The lowest BCUT2D eigenvalue weighted by Gasteiger charge is -2.07. The monoisotopic (exact) mass is 253 g/mol. The minimum atomic E-state index is -0.355. The Morgan fingerprint density at radius 1 is 1.16 bits per heavy atom. The van der Waals surface area contributed by atoms with Gasteiger partial charge in [-0.1, -0.05) is 36.4 Å². The predicted molar refractivity (Wildman–Crippen MR) is 74.4 cm³/mol.